The lowest BCUT2D eigenvalue weighted by molar-refractivity contribution is 0.102. The summed E-state index contributed by atoms with van der Waals surface area (Å²) in [6.45, 7) is 9.40. The van der Waals surface area contributed by atoms with Gasteiger partial charge in [-0.2, -0.15) is 0 Å². The van der Waals surface area contributed by atoms with Crippen LogP contribution in [0, 0.1) is 10.8 Å². The summed E-state index contributed by atoms with van der Waals surface area (Å²) >= 11 is 5.46. The SMILES string of the molecule is CCC1(CC)CCC(I)(CC2(I)CCC(CC)(CC)CC2N)C(N)C1. The Bertz CT molecular complexity index is 407. The van der Waals surface area contributed by atoms with Crippen molar-refractivity contribution in [2.75, 3.05) is 0 Å². The third-order valence-electron chi connectivity index (χ3n) is 8.36. The fourth-order valence-electron chi connectivity index (χ4n) is 5.53. The molecule has 0 radical (unpaired) electrons. The Kier molecular flexibility index (Phi) is 7.62. The summed E-state index contributed by atoms with van der Waals surface area (Å²) in [4.78, 5) is 0. The summed E-state index contributed by atoms with van der Waals surface area (Å²) in [5.74, 6) is 0. The molecule has 2 rings (SSSR count). The quantitative estimate of drug-likeness (QED) is 0.287. The van der Waals surface area contributed by atoms with Gasteiger partial charge in [0.25, 0.3) is 0 Å². The van der Waals surface area contributed by atoms with Crippen molar-refractivity contribution in [3.05, 3.63) is 0 Å². The average Bonchev–Trinajstić information content (AvgIpc) is 2.60. The zero-order chi connectivity index (χ0) is 18.9. The zero-order valence-electron chi connectivity index (χ0n) is 16.8. The van der Waals surface area contributed by atoms with E-state index in [-0.39, 0.29) is 6.84 Å². The van der Waals surface area contributed by atoms with Crippen LogP contribution in [0.25, 0.3) is 0 Å². The first-order chi connectivity index (χ1) is 11.6. The predicted molar refractivity (Wildman–Crippen MR) is 128 cm³/mol. The molecular formula is C21H40I2N2. The molecule has 4 atom stereocenters. The molecule has 2 aliphatic rings. The largest absolute Gasteiger partial charge is 0.326 e. The summed E-state index contributed by atoms with van der Waals surface area (Å²) in [6.07, 6.45) is 13.9. The second-order valence-electron chi connectivity index (χ2n) is 9.28. The van der Waals surface area contributed by atoms with E-state index in [1.54, 1.807) is 0 Å². The van der Waals surface area contributed by atoms with E-state index in [1.165, 1.54) is 70.6 Å². The van der Waals surface area contributed by atoms with E-state index in [1.807, 2.05) is 0 Å². The molecule has 0 aromatic rings. The van der Waals surface area contributed by atoms with Gasteiger partial charge in [0.15, 0.2) is 0 Å². The maximum absolute atomic E-state index is 6.82. The van der Waals surface area contributed by atoms with Crippen LogP contribution < -0.4 is 11.5 Å². The van der Waals surface area contributed by atoms with E-state index < -0.39 is 0 Å². The number of hydrogen-bond donors (Lipinski definition) is 2. The van der Waals surface area contributed by atoms with E-state index in [0.717, 1.165) is 0 Å². The number of hydrogen-bond acceptors (Lipinski definition) is 2. The Morgan fingerprint density at radius 3 is 1.24 bits per heavy atom. The van der Waals surface area contributed by atoms with Gasteiger partial charge in [-0.3, -0.25) is 0 Å². The lowest BCUT2D eigenvalue weighted by Gasteiger charge is -2.54. The molecule has 0 aromatic carbocycles. The summed E-state index contributed by atoms with van der Waals surface area (Å²) in [5, 5.41) is 0. The first kappa shape index (κ1) is 22.7. The third-order valence-corrected chi connectivity index (χ3v) is 11.8. The van der Waals surface area contributed by atoms with E-state index in [4.69, 9.17) is 11.5 Å². The molecule has 0 bridgehead atoms. The molecule has 0 aliphatic heterocycles. The first-order valence-corrected chi connectivity index (χ1v) is 12.7. The molecule has 2 fully saturated rings. The number of halogens is 2. The van der Waals surface area contributed by atoms with Crippen LogP contribution in [0.3, 0.4) is 0 Å². The molecule has 148 valence electrons. The van der Waals surface area contributed by atoms with Crippen molar-refractivity contribution in [1.82, 2.24) is 0 Å². The Labute approximate surface area is 183 Å². The Hall–Kier alpha value is 1.38. The van der Waals surface area contributed by atoms with Gasteiger partial charge in [-0.05, 0) is 55.8 Å². The highest BCUT2D eigenvalue weighted by Crippen LogP contribution is 2.56. The molecule has 25 heavy (non-hydrogen) atoms. The minimum atomic E-state index is 0.225. The number of alkyl halides is 2. The van der Waals surface area contributed by atoms with Crippen molar-refractivity contribution in [2.45, 2.75) is 117 Å². The Balaban J connectivity index is 2.10. The molecule has 4 heteroatoms. The highest BCUT2D eigenvalue weighted by molar-refractivity contribution is 14.1. The van der Waals surface area contributed by atoms with Crippen LogP contribution in [0.5, 0.6) is 0 Å². The first-order valence-electron chi connectivity index (χ1n) is 10.5. The van der Waals surface area contributed by atoms with Crippen molar-refractivity contribution in [1.29, 1.82) is 0 Å². The van der Waals surface area contributed by atoms with Crippen LogP contribution in [0.15, 0.2) is 0 Å². The van der Waals surface area contributed by atoms with E-state index in [2.05, 4.69) is 72.9 Å². The van der Waals surface area contributed by atoms with Gasteiger partial charge in [0, 0.05) is 18.9 Å². The minimum Gasteiger partial charge on any atom is -0.326 e. The summed E-state index contributed by atoms with van der Waals surface area (Å²) in [7, 11) is 0. The highest BCUT2D eigenvalue weighted by atomic mass is 127. The summed E-state index contributed by atoms with van der Waals surface area (Å²) in [6, 6.07) is 0.620. The number of nitrogens with two attached hydrogens (primary N) is 2. The van der Waals surface area contributed by atoms with Crippen LogP contribution >= 0.6 is 45.2 Å². The van der Waals surface area contributed by atoms with Crippen LogP contribution in [0.1, 0.15) is 98.3 Å². The van der Waals surface area contributed by atoms with Gasteiger partial charge >= 0.3 is 0 Å². The Morgan fingerprint density at radius 2 is 1.00 bits per heavy atom. The third kappa shape index (κ3) is 4.52. The van der Waals surface area contributed by atoms with Crippen molar-refractivity contribution in [3.8, 4) is 0 Å². The van der Waals surface area contributed by atoms with Crippen LogP contribution in [0.2, 0.25) is 0 Å². The van der Waals surface area contributed by atoms with E-state index in [0.29, 0.717) is 22.9 Å². The maximum Gasteiger partial charge on any atom is 0.0386 e. The summed E-state index contributed by atoms with van der Waals surface area (Å²) < 4.78 is 0.450. The standard InChI is InChI=1S/C21H40I2N2/c1-5-18(6-2)9-11-20(22,16(24)13-18)15-21(23)12-10-19(7-3,8-4)14-17(21)25/h16-17H,5-15,24-25H2,1-4H3. The normalized spacial score (nSPS) is 40.8. The van der Waals surface area contributed by atoms with E-state index in [9.17, 15) is 0 Å². The van der Waals surface area contributed by atoms with Crippen LogP contribution in [0.4, 0.5) is 0 Å². The smallest absolute Gasteiger partial charge is 0.0386 e. The van der Waals surface area contributed by atoms with Crippen molar-refractivity contribution < 1.29 is 0 Å². The molecular weight excluding hydrogens is 534 g/mol. The molecule has 0 amide bonds. The van der Waals surface area contributed by atoms with Crippen molar-refractivity contribution in [3.63, 3.8) is 0 Å². The lowest BCUT2D eigenvalue weighted by atomic mass is 9.60. The second kappa shape index (κ2) is 8.40. The molecule has 4 N–H and O–H groups in total. The van der Waals surface area contributed by atoms with E-state index >= 15 is 0 Å². The molecule has 0 spiro atoms. The van der Waals surface area contributed by atoms with Gasteiger partial charge in [-0.1, -0.05) is 98.6 Å². The monoisotopic (exact) mass is 574 g/mol. The highest BCUT2D eigenvalue weighted by Gasteiger charge is 2.52. The van der Waals surface area contributed by atoms with Crippen LogP contribution in [-0.2, 0) is 0 Å². The molecule has 2 nitrogen and oxygen atoms in total. The van der Waals surface area contributed by atoms with Gasteiger partial charge in [0.05, 0.1) is 0 Å². The minimum absolute atomic E-state index is 0.225. The molecule has 2 saturated carbocycles. The maximum atomic E-state index is 6.82. The second-order valence-corrected chi connectivity index (χ2v) is 13.6. The van der Waals surface area contributed by atoms with Gasteiger partial charge in [-0.15, -0.1) is 0 Å². The lowest BCUT2D eigenvalue weighted by Crippen LogP contribution is -2.58. The van der Waals surface area contributed by atoms with Gasteiger partial charge in [0.1, 0.15) is 0 Å². The molecule has 2 aliphatic carbocycles. The molecule has 0 saturated heterocycles. The molecule has 4 unspecified atom stereocenters. The van der Waals surface area contributed by atoms with Crippen molar-refractivity contribution >= 4 is 45.2 Å². The Morgan fingerprint density at radius 1 is 0.680 bits per heavy atom. The van der Waals surface area contributed by atoms with Gasteiger partial charge in [0.2, 0.25) is 0 Å². The zero-order valence-corrected chi connectivity index (χ0v) is 21.2. The number of rotatable bonds is 6. The van der Waals surface area contributed by atoms with Gasteiger partial charge < -0.3 is 11.5 Å². The molecule has 0 aromatic heterocycles. The van der Waals surface area contributed by atoms with Crippen molar-refractivity contribution in [2.24, 2.45) is 22.3 Å². The topological polar surface area (TPSA) is 52.0 Å². The van der Waals surface area contributed by atoms with Gasteiger partial charge in [-0.25, -0.2) is 0 Å². The predicted octanol–water partition coefficient (Wildman–Crippen LogP) is 6.36. The fourth-order valence-corrected chi connectivity index (χ4v) is 8.60. The fraction of sp³-hybridized carbons (Fsp3) is 1.00. The summed E-state index contributed by atoms with van der Waals surface area (Å²) in [5.41, 5.74) is 14.6. The average molecular weight is 574 g/mol. The molecule has 0 heterocycles. The van der Waals surface area contributed by atoms with Crippen LogP contribution in [-0.4, -0.2) is 18.9 Å².